The molecule has 3 N–H and O–H groups in total. The van der Waals surface area contributed by atoms with Gasteiger partial charge < -0.3 is 25.7 Å². The van der Waals surface area contributed by atoms with E-state index in [1.165, 1.54) is 0 Å². The van der Waals surface area contributed by atoms with Gasteiger partial charge >= 0.3 is 0 Å². The van der Waals surface area contributed by atoms with Crippen LogP contribution in [0.4, 0.5) is 23.3 Å². The normalized spacial score (nSPS) is 16.6. The van der Waals surface area contributed by atoms with Crippen LogP contribution in [0.1, 0.15) is 43.1 Å². The van der Waals surface area contributed by atoms with Crippen LogP contribution in [0.3, 0.4) is 0 Å². The topological polar surface area (TPSA) is 85.4 Å². The van der Waals surface area contributed by atoms with E-state index >= 15 is 0 Å². The predicted molar refractivity (Wildman–Crippen MR) is 135 cm³/mol. The van der Waals surface area contributed by atoms with Crippen LogP contribution in [0.2, 0.25) is 0 Å². The molecule has 2 aromatic rings. The number of hydrogen-bond donors (Lipinski definition) is 3. The molecule has 2 heterocycles. The fourth-order valence-electron chi connectivity index (χ4n) is 3.97. The van der Waals surface area contributed by atoms with Gasteiger partial charge in [0.15, 0.2) is 7.98 Å². The third kappa shape index (κ3) is 6.35. The van der Waals surface area contributed by atoms with Gasteiger partial charge in [0.05, 0.1) is 0 Å². The van der Waals surface area contributed by atoms with E-state index in [1.807, 2.05) is 31.2 Å². The minimum atomic E-state index is -0.117. The highest BCUT2D eigenvalue weighted by atomic mass is 16.1. The third-order valence-electron chi connectivity index (χ3n) is 5.53. The van der Waals surface area contributed by atoms with Crippen molar-refractivity contribution in [2.75, 3.05) is 49.3 Å². The summed E-state index contributed by atoms with van der Waals surface area (Å²) in [4.78, 5) is 26.1. The fourth-order valence-corrected chi connectivity index (χ4v) is 3.97. The highest BCUT2D eigenvalue weighted by Crippen LogP contribution is 2.26. The van der Waals surface area contributed by atoms with E-state index in [0.717, 1.165) is 43.1 Å². The van der Waals surface area contributed by atoms with Crippen molar-refractivity contribution in [3.63, 3.8) is 0 Å². The van der Waals surface area contributed by atoms with Gasteiger partial charge in [-0.2, -0.15) is 9.97 Å². The number of benzene rings is 1. The van der Waals surface area contributed by atoms with E-state index in [9.17, 15) is 4.79 Å². The second-order valence-corrected chi connectivity index (χ2v) is 9.98. The number of rotatable bonds is 7. The molecular formula is C23H36BN7O. The van der Waals surface area contributed by atoms with Crippen LogP contribution >= 0.6 is 0 Å². The fraction of sp³-hybridized carbons (Fsp3) is 0.522. The Morgan fingerprint density at radius 2 is 2.03 bits per heavy atom. The quantitative estimate of drug-likeness (QED) is 0.574. The molecule has 1 aliphatic rings. The number of hydrogen-bond acceptors (Lipinski definition) is 7. The van der Waals surface area contributed by atoms with Crippen molar-refractivity contribution in [2.24, 2.45) is 5.41 Å². The molecule has 0 spiro atoms. The van der Waals surface area contributed by atoms with Crippen molar-refractivity contribution in [3.8, 4) is 0 Å². The van der Waals surface area contributed by atoms with E-state index in [4.69, 9.17) is 9.97 Å². The van der Waals surface area contributed by atoms with Crippen LogP contribution in [0, 0.1) is 12.3 Å². The summed E-state index contributed by atoms with van der Waals surface area (Å²) in [5, 5.41) is 9.61. The second kappa shape index (κ2) is 9.77. The molecule has 1 aromatic heterocycles. The Morgan fingerprint density at radius 3 is 2.66 bits per heavy atom. The van der Waals surface area contributed by atoms with Gasteiger partial charge in [0, 0.05) is 50.5 Å². The first-order valence-electron chi connectivity index (χ1n) is 11.2. The first-order chi connectivity index (χ1) is 15.0. The van der Waals surface area contributed by atoms with Crippen molar-refractivity contribution in [1.29, 1.82) is 0 Å². The molecule has 9 heteroatoms. The van der Waals surface area contributed by atoms with E-state index in [-0.39, 0.29) is 11.3 Å². The molecule has 8 nitrogen and oxygen atoms in total. The van der Waals surface area contributed by atoms with Gasteiger partial charge in [-0.05, 0) is 43.0 Å². The Bertz CT molecular complexity index is 960. The Balaban J connectivity index is 1.92. The van der Waals surface area contributed by atoms with Crippen LogP contribution in [0.5, 0.6) is 0 Å². The largest absolute Gasteiger partial charge is 0.359 e. The molecule has 172 valence electrons. The SMILES string of the molecule is BN1CC[C@@H](Nc2nc(Nc3cc(C(=O)NC)ccc3C)cc(N(C)CC(C)(C)C)n2)C1. The first kappa shape index (κ1) is 23.8. The van der Waals surface area contributed by atoms with Gasteiger partial charge in [0.2, 0.25) is 5.95 Å². The number of carbonyl (C=O) groups excluding carboxylic acids is 1. The molecule has 1 saturated heterocycles. The summed E-state index contributed by atoms with van der Waals surface area (Å²) in [7, 11) is 5.82. The molecule has 1 amide bonds. The second-order valence-electron chi connectivity index (χ2n) is 9.98. The van der Waals surface area contributed by atoms with Gasteiger partial charge in [0.1, 0.15) is 11.6 Å². The van der Waals surface area contributed by atoms with Gasteiger partial charge in [-0.25, -0.2) is 0 Å². The zero-order valence-corrected chi connectivity index (χ0v) is 20.4. The standard InChI is InChI=1S/C23H36BN7O/c1-15-7-8-16(21(32)25-5)11-18(15)27-19-12-20(30(6)14-23(2,3)4)29-22(28-19)26-17-9-10-31(24)13-17/h7-8,11-12,17H,9-10,13-14,24H2,1-6H3,(H,25,32)(H2,26,27,28,29)/t17-/m1/s1. The lowest BCUT2D eigenvalue weighted by Gasteiger charge is -2.28. The molecule has 0 bridgehead atoms. The van der Waals surface area contributed by atoms with Crippen molar-refractivity contribution >= 4 is 37.2 Å². The number of nitrogens with one attached hydrogen (secondary N) is 3. The molecular weight excluding hydrogens is 401 g/mol. The van der Waals surface area contributed by atoms with Crippen LogP contribution in [0.25, 0.3) is 0 Å². The number of carbonyl (C=O) groups is 1. The van der Waals surface area contributed by atoms with Crippen LogP contribution in [-0.2, 0) is 0 Å². The first-order valence-corrected chi connectivity index (χ1v) is 11.2. The summed E-state index contributed by atoms with van der Waals surface area (Å²) in [6.45, 7) is 11.6. The molecule has 1 aliphatic heterocycles. The minimum Gasteiger partial charge on any atom is -0.359 e. The number of amides is 1. The van der Waals surface area contributed by atoms with Gasteiger partial charge in [-0.1, -0.05) is 26.8 Å². The number of nitrogens with zero attached hydrogens (tertiary/aromatic N) is 4. The van der Waals surface area contributed by atoms with Crippen molar-refractivity contribution in [2.45, 2.75) is 40.2 Å². The highest BCUT2D eigenvalue weighted by molar-refractivity contribution is 6.04. The summed E-state index contributed by atoms with van der Waals surface area (Å²) < 4.78 is 0. The molecule has 0 radical (unpaired) electrons. The summed E-state index contributed by atoms with van der Waals surface area (Å²) in [5.74, 6) is 2.05. The molecule has 0 saturated carbocycles. The average molecular weight is 437 g/mol. The third-order valence-corrected chi connectivity index (χ3v) is 5.53. The maximum absolute atomic E-state index is 12.1. The van der Waals surface area contributed by atoms with E-state index < -0.39 is 0 Å². The monoisotopic (exact) mass is 437 g/mol. The van der Waals surface area contributed by atoms with Crippen molar-refractivity contribution < 1.29 is 4.79 Å². The van der Waals surface area contributed by atoms with E-state index in [0.29, 0.717) is 23.4 Å². The molecule has 32 heavy (non-hydrogen) atoms. The smallest absolute Gasteiger partial charge is 0.251 e. The number of anilines is 4. The van der Waals surface area contributed by atoms with Crippen LogP contribution < -0.4 is 20.9 Å². The summed E-state index contributed by atoms with van der Waals surface area (Å²) >= 11 is 0. The van der Waals surface area contributed by atoms with Gasteiger partial charge in [0.25, 0.3) is 5.91 Å². The maximum Gasteiger partial charge on any atom is 0.251 e. The Kier molecular flexibility index (Phi) is 7.28. The predicted octanol–water partition coefficient (Wildman–Crippen LogP) is 2.40. The zero-order valence-electron chi connectivity index (χ0n) is 20.4. The minimum absolute atomic E-state index is 0.117. The maximum atomic E-state index is 12.1. The number of aromatic nitrogens is 2. The molecule has 1 atom stereocenters. The van der Waals surface area contributed by atoms with E-state index in [1.54, 1.807) is 7.05 Å². The molecule has 1 aromatic carbocycles. The van der Waals surface area contributed by atoms with Crippen LogP contribution in [-0.4, -0.2) is 68.4 Å². The van der Waals surface area contributed by atoms with Gasteiger partial charge in [-0.15, -0.1) is 0 Å². The Hall–Kier alpha value is -2.81. The summed E-state index contributed by atoms with van der Waals surface area (Å²) in [5.41, 5.74) is 2.62. The Labute approximate surface area is 192 Å². The van der Waals surface area contributed by atoms with Crippen molar-refractivity contribution in [3.05, 3.63) is 35.4 Å². The highest BCUT2D eigenvalue weighted by Gasteiger charge is 2.21. The Morgan fingerprint density at radius 1 is 1.28 bits per heavy atom. The summed E-state index contributed by atoms with van der Waals surface area (Å²) in [6.07, 6.45) is 1.07. The lowest BCUT2D eigenvalue weighted by atomic mass is 9.96. The zero-order chi connectivity index (χ0) is 23.5. The lowest BCUT2D eigenvalue weighted by Crippen LogP contribution is -2.30. The van der Waals surface area contributed by atoms with Crippen LogP contribution in [0.15, 0.2) is 24.3 Å². The van der Waals surface area contributed by atoms with Gasteiger partial charge in [-0.3, -0.25) is 4.79 Å². The molecule has 1 fully saturated rings. The molecule has 0 aliphatic carbocycles. The molecule has 0 unspecified atom stereocenters. The molecule has 3 rings (SSSR count). The average Bonchev–Trinajstić information content (AvgIpc) is 3.12. The summed E-state index contributed by atoms with van der Waals surface area (Å²) in [6, 6.07) is 7.91. The van der Waals surface area contributed by atoms with E-state index in [2.05, 4.69) is 61.5 Å². The lowest BCUT2D eigenvalue weighted by molar-refractivity contribution is 0.0963. The van der Waals surface area contributed by atoms with Crippen molar-refractivity contribution in [1.82, 2.24) is 20.1 Å². The number of aryl methyl sites for hydroxylation is 1.